The quantitative estimate of drug-likeness (QED) is 0.489. The summed E-state index contributed by atoms with van der Waals surface area (Å²) in [7, 11) is 1.44. The van der Waals surface area contributed by atoms with Crippen molar-refractivity contribution in [3.05, 3.63) is 33.4 Å². The molecule has 0 aliphatic carbocycles. The number of hydrogen-bond acceptors (Lipinski definition) is 10. The maximum Gasteiger partial charge on any atom is 0.339 e. The number of carbonyl (C=O) groups is 2. The van der Waals surface area contributed by atoms with Gasteiger partial charge in [0.15, 0.2) is 5.82 Å². The summed E-state index contributed by atoms with van der Waals surface area (Å²) in [4.78, 5) is 29.1. The van der Waals surface area contributed by atoms with Crippen LogP contribution in [-0.4, -0.2) is 59.7 Å². The van der Waals surface area contributed by atoms with Crippen molar-refractivity contribution < 1.29 is 28.7 Å². The van der Waals surface area contributed by atoms with Gasteiger partial charge in [-0.2, -0.15) is 16.7 Å². The molecule has 0 bridgehead atoms. The van der Waals surface area contributed by atoms with E-state index in [1.807, 2.05) is 0 Å². The van der Waals surface area contributed by atoms with Crippen LogP contribution in [0.5, 0.6) is 11.5 Å². The van der Waals surface area contributed by atoms with Gasteiger partial charge in [0, 0.05) is 29.7 Å². The Bertz CT molecular complexity index is 944. The van der Waals surface area contributed by atoms with Crippen LogP contribution in [-0.2, 0) is 15.3 Å². The van der Waals surface area contributed by atoms with E-state index in [2.05, 4.69) is 36.7 Å². The van der Waals surface area contributed by atoms with Gasteiger partial charge in [0.25, 0.3) is 0 Å². The molecular weight excluding hydrogens is 516 g/mol. The van der Waals surface area contributed by atoms with E-state index < -0.39 is 12.0 Å². The number of aryl methyl sites for hydroxylation is 1. The standard InChI is InChI=1S/C18H21BrN4O6S.ClH/c1-9-21-17(29-23-9)11-8-30-7-10-12(24)5-13(27-2)16(19)15(10)18(26)28-4-3-20-6-14(25)22-11;/h5,11,20,24H,3-4,6-8H2,1-2H3,(H,22,25);1H/t11-;/m0./s1. The molecular formula is C18H22BrClN4O6S. The number of aromatic nitrogens is 2. The Morgan fingerprint density at radius 1 is 1.39 bits per heavy atom. The van der Waals surface area contributed by atoms with Gasteiger partial charge in [-0.15, -0.1) is 12.4 Å². The second-order valence-corrected chi connectivity index (χ2v) is 8.22. The molecule has 0 unspecified atom stereocenters. The summed E-state index contributed by atoms with van der Waals surface area (Å²) >= 11 is 4.76. The van der Waals surface area contributed by atoms with Gasteiger partial charge in [-0.1, -0.05) is 5.16 Å². The highest BCUT2D eigenvalue weighted by Gasteiger charge is 2.26. The van der Waals surface area contributed by atoms with Gasteiger partial charge in [0.2, 0.25) is 11.8 Å². The van der Waals surface area contributed by atoms with Crippen molar-refractivity contribution in [1.29, 1.82) is 0 Å². The summed E-state index contributed by atoms with van der Waals surface area (Å²) < 4.78 is 16.2. The van der Waals surface area contributed by atoms with E-state index in [0.717, 1.165) is 0 Å². The highest BCUT2D eigenvalue weighted by Crippen LogP contribution is 2.39. The van der Waals surface area contributed by atoms with Gasteiger partial charge in [0.1, 0.15) is 24.1 Å². The fourth-order valence-electron chi connectivity index (χ4n) is 2.81. The maximum absolute atomic E-state index is 12.7. The Morgan fingerprint density at radius 2 is 2.16 bits per heavy atom. The van der Waals surface area contributed by atoms with Crippen LogP contribution >= 0.6 is 40.1 Å². The lowest BCUT2D eigenvalue weighted by atomic mass is 10.1. The fourth-order valence-corrected chi connectivity index (χ4v) is 4.56. The molecule has 0 saturated heterocycles. The molecule has 31 heavy (non-hydrogen) atoms. The molecule has 0 fully saturated rings. The number of esters is 1. The molecule has 10 nitrogen and oxygen atoms in total. The summed E-state index contributed by atoms with van der Waals surface area (Å²) in [6, 6.07) is 0.912. The molecule has 0 saturated carbocycles. The van der Waals surface area contributed by atoms with Gasteiger partial charge < -0.3 is 29.7 Å². The highest BCUT2D eigenvalue weighted by atomic mass is 79.9. The number of thioether (sulfide) groups is 1. The predicted octanol–water partition coefficient (Wildman–Crippen LogP) is 2.13. The molecule has 3 rings (SSSR count). The highest BCUT2D eigenvalue weighted by molar-refractivity contribution is 9.10. The molecule has 2 aromatic rings. The average Bonchev–Trinajstić information content (AvgIpc) is 3.14. The molecule has 1 aliphatic rings. The fraction of sp³-hybridized carbons (Fsp3) is 0.444. The van der Waals surface area contributed by atoms with Gasteiger partial charge in [-0.05, 0) is 22.9 Å². The Morgan fingerprint density at radius 3 is 2.84 bits per heavy atom. The third-order valence-corrected chi connectivity index (χ3v) is 6.09. The first kappa shape index (κ1) is 25.2. The third-order valence-electron chi connectivity index (χ3n) is 4.24. The van der Waals surface area contributed by atoms with E-state index in [9.17, 15) is 14.7 Å². The first-order chi connectivity index (χ1) is 14.4. The van der Waals surface area contributed by atoms with Crippen molar-refractivity contribution in [3.8, 4) is 11.5 Å². The number of cyclic esters (lactones) is 1. The van der Waals surface area contributed by atoms with E-state index in [4.69, 9.17) is 14.0 Å². The van der Waals surface area contributed by atoms with Crippen LogP contribution in [0.25, 0.3) is 0 Å². The van der Waals surface area contributed by atoms with E-state index in [1.165, 1.54) is 24.9 Å². The zero-order valence-electron chi connectivity index (χ0n) is 16.8. The molecule has 0 spiro atoms. The number of nitrogens with zero attached hydrogens (tertiary/aromatic N) is 2. The van der Waals surface area contributed by atoms with E-state index in [0.29, 0.717) is 33.3 Å². The summed E-state index contributed by atoms with van der Waals surface area (Å²) in [6.45, 7) is 2.06. The minimum atomic E-state index is -0.598. The van der Waals surface area contributed by atoms with Crippen molar-refractivity contribution in [2.75, 3.05) is 32.6 Å². The summed E-state index contributed by atoms with van der Waals surface area (Å²) in [5, 5.41) is 20.1. The van der Waals surface area contributed by atoms with Crippen molar-refractivity contribution in [2.45, 2.75) is 18.7 Å². The lowest BCUT2D eigenvalue weighted by Gasteiger charge is -2.19. The van der Waals surface area contributed by atoms with Crippen LogP contribution < -0.4 is 15.4 Å². The minimum Gasteiger partial charge on any atom is -0.507 e. The lowest BCUT2D eigenvalue weighted by molar-refractivity contribution is -0.121. The second kappa shape index (κ2) is 11.6. The number of phenolic OH excluding ortho intramolecular Hbond substituents is 1. The zero-order chi connectivity index (χ0) is 21.7. The van der Waals surface area contributed by atoms with Gasteiger partial charge >= 0.3 is 5.97 Å². The first-order valence-electron chi connectivity index (χ1n) is 9.04. The van der Waals surface area contributed by atoms with Crippen molar-refractivity contribution in [1.82, 2.24) is 20.8 Å². The van der Waals surface area contributed by atoms with Gasteiger partial charge in [0.05, 0.1) is 23.7 Å². The molecule has 3 N–H and O–H groups in total. The van der Waals surface area contributed by atoms with Crippen LogP contribution in [0.4, 0.5) is 0 Å². The van der Waals surface area contributed by atoms with Crippen LogP contribution in [0.15, 0.2) is 15.1 Å². The number of aromatic hydroxyl groups is 1. The number of phenols is 1. The number of ether oxygens (including phenoxy) is 2. The monoisotopic (exact) mass is 536 g/mol. The number of hydrogen-bond donors (Lipinski definition) is 3. The normalized spacial score (nSPS) is 18.1. The van der Waals surface area contributed by atoms with Crippen molar-refractivity contribution in [2.24, 2.45) is 0 Å². The Kier molecular flexibility index (Phi) is 9.41. The number of amides is 1. The molecule has 1 aromatic carbocycles. The van der Waals surface area contributed by atoms with Crippen LogP contribution in [0, 0.1) is 6.92 Å². The topological polar surface area (TPSA) is 136 Å². The maximum atomic E-state index is 12.7. The lowest BCUT2D eigenvalue weighted by Crippen LogP contribution is -2.38. The number of benzene rings is 1. The number of halogens is 2. The summed E-state index contributed by atoms with van der Waals surface area (Å²) in [5.41, 5.74) is 0.597. The first-order valence-corrected chi connectivity index (χ1v) is 11.0. The number of nitrogens with one attached hydrogen (secondary N) is 2. The van der Waals surface area contributed by atoms with E-state index in [-0.39, 0.29) is 55.1 Å². The number of rotatable bonds is 2. The van der Waals surface area contributed by atoms with Crippen LogP contribution in [0.1, 0.15) is 33.7 Å². The average molecular weight is 538 g/mol. The van der Waals surface area contributed by atoms with Crippen molar-refractivity contribution >= 4 is 52.0 Å². The van der Waals surface area contributed by atoms with E-state index >= 15 is 0 Å². The Balaban J connectivity index is 0.00000341. The molecule has 1 amide bonds. The SMILES string of the molecule is COc1cc(O)c2c(c1Br)C(=O)OCCNCC(=O)N[C@H](c1nc(C)no1)CSC2.Cl. The molecule has 1 atom stereocenters. The molecule has 2 heterocycles. The van der Waals surface area contributed by atoms with Crippen LogP contribution in [0.2, 0.25) is 0 Å². The minimum absolute atomic E-state index is 0. The summed E-state index contributed by atoms with van der Waals surface area (Å²) in [5.74, 6) is 0.785. The second-order valence-electron chi connectivity index (χ2n) is 6.39. The molecule has 170 valence electrons. The smallest absolute Gasteiger partial charge is 0.339 e. The van der Waals surface area contributed by atoms with Crippen LogP contribution in [0.3, 0.4) is 0 Å². The largest absolute Gasteiger partial charge is 0.507 e. The molecule has 0 radical (unpaired) electrons. The van der Waals surface area contributed by atoms with Gasteiger partial charge in [-0.25, -0.2) is 4.79 Å². The molecule has 13 heteroatoms. The van der Waals surface area contributed by atoms with Crippen molar-refractivity contribution in [3.63, 3.8) is 0 Å². The molecule has 1 aliphatic heterocycles. The summed E-state index contributed by atoms with van der Waals surface area (Å²) in [6.07, 6.45) is 0. The molecule has 1 aromatic heterocycles. The van der Waals surface area contributed by atoms with E-state index in [1.54, 1.807) is 6.92 Å². The predicted molar refractivity (Wildman–Crippen MR) is 119 cm³/mol. The number of carbonyl (C=O) groups excluding carboxylic acids is 2. The zero-order valence-corrected chi connectivity index (χ0v) is 20.0. The van der Waals surface area contributed by atoms with Gasteiger partial charge in [-0.3, -0.25) is 4.79 Å². The number of methoxy groups -OCH3 is 1. The third kappa shape index (κ3) is 6.25. The Hall–Kier alpha value is -2.02. The Labute approximate surface area is 197 Å². The number of fused-ring (bicyclic) bond motifs is 1.